The van der Waals surface area contributed by atoms with Crippen molar-refractivity contribution >= 4 is 5.96 Å². The first-order chi connectivity index (χ1) is 14.1. The van der Waals surface area contributed by atoms with Crippen LogP contribution in [-0.2, 0) is 10.2 Å². The van der Waals surface area contributed by atoms with Gasteiger partial charge in [-0.2, -0.15) is 0 Å². The molecule has 2 heterocycles. The molecular weight excluding hydrogens is 367 g/mol. The Morgan fingerprint density at radius 3 is 2.52 bits per heavy atom. The zero-order chi connectivity index (χ0) is 20.5. The summed E-state index contributed by atoms with van der Waals surface area (Å²) in [5.41, 5.74) is 1.12. The highest BCUT2D eigenvalue weighted by Crippen LogP contribution is 2.34. The minimum Gasteiger partial charge on any atom is -0.381 e. The maximum Gasteiger partial charge on any atom is 0.191 e. The van der Waals surface area contributed by atoms with Crippen molar-refractivity contribution in [2.45, 2.75) is 44.4 Å². The average molecular weight is 405 g/mol. The molecule has 0 bridgehead atoms. The third-order valence-corrected chi connectivity index (χ3v) is 6.54. The normalized spacial score (nSPS) is 21.1. The Labute approximate surface area is 175 Å². The van der Waals surface area contributed by atoms with Gasteiger partial charge in [0.1, 0.15) is 5.82 Å². The number of hydrogen-bond acceptors (Lipinski definition) is 3. The molecule has 2 N–H and O–H groups in total. The van der Waals surface area contributed by atoms with Gasteiger partial charge in [-0.3, -0.25) is 4.99 Å². The van der Waals surface area contributed by atoms with E-state index in [0.717, 1.165) is 64.0 Å². The summed E-state index contributed by atoms with van der Waals surface area (Å²) in [6.07, 6.45) is 5.62. The van der Waals surface area contributed by atoms with Crippen molar-refractivity contribution in [2.75, 3.05) is 53.0 Å². The van der Waals surface area contributed by atoms with Gasteiger partial charge in [0.05, 0.1) is 0 Å². The third-order valence-electron chi connectivity index (χ3n) is 6.54. The maximum atomic E-state index is 13.4. The minimum absolute atomic E-state index is 0.0476. The van der Waals surface area contributed by atoms with E-state index < -0.39 is 0 Å². The molecular formula is C23H37FN4O. The highest BCUT2D eigenvalue weighted by molar-refractivity contribution is 5.79. The van der Waals surface area contributed by atoms with Crippen molar-refractivity contribution in [1.82, 2.24) is 15.5 Å². The highest BCUT2D eigenvalue weighted by Gasteiger charge is 2.34. The Bertz CT molecular complexity index is 635. The molecule has 0 amide bonds. The van der Waals surface area contributed by atoms with Gasteiger partial charge >= 0.3 is 0 Å². The molecule has 0 atom stereocenters. The molecule has 1 aromatic rings. The number of hydrogen-bond donors (Lipinski definition) is 2. The summed E-state index contributed by atoms with van der Waals surface area (Å²) >= 11 is 0. The fraction of sp³-hybridized carbons (Fsp3) is 0.696. The van der Waals surface area contributed by atoms with E-state index in [1.807, 2.05) is 19.2 Å². The van der Waals surface area contributed by atoms with Gasteiger partial charge < -0.3 is 20.3 Å². The van der Waals surface area contributed by atoms with Crippen molar-refractivity contribution in [3.05, 3.63) is 35.6 Å². The molecule has 2 aliphatic heterocycles. The smallest absolute Gasteiger partial charge is 0.191 e. The van der Waals surface area contributed by atoms with E-state index in [0.29, 0.717) is 0 Å². The predicted molar refractivity (Wildman–Crippen MR) is 117 cm³/mol. The van der Waals surface area contributed by atoms with Crippen molar-refractivity contribution in [3.63, 3.8) is 0 Å². The van der Waals surface area contributed by atoms with Gasteiger partial charge in [-0.05, 0) is 75.4 Å². The van der Waals surface area contributed by atoms with Crippen molar-refractivity contribution < 1.29 is 9.13 Å². The van der Waals surface area contributed by atoms with Crippen molar-refractivity contribution in [1.29, 1.82) is 0 Å². The third kappa shape index (κ3) is 6.41. The lowest BCUT2D eigenvalue weighted by atomic mass is 9.74. The van der Waals surface area contributed by atoms with E-state index >= 15 is 0 Å². The summed E-state index contributed by atoms with van der Waals surface area (Å²) in [5.74, 6) is 1.53. The number of halogens is 1. The summed E-state index contributed by atoms with van der Waals surface area (Å²) in [7, 11) is 1.82. The van der Waals surface area contributed by atoms with Crippen molar-refractivity contribution in [2.24, 2.45) is 10.9 Å². The van der Waals surface area contributed by atoms with Crippen LogP contribution in [0.1, 0.15) is 44.6 Å². The van der Waals surface area contributed by atoms with Crippen LogP contribution in [-0.4, -0.2) is 63.8 Å². The number of rotatable bonds is 7. The minimum atomic E-state index is -0.190. The molecule has 2 saturated heterocycles. The maximum absolute atomic E-state index is 13.4. The van der Waals surface area contributed by atoms with Crippen LogP contribution < -0.4 is 10.6 Å². The number of ether oxygens (including phenoxy) is 1. The number of aliphatic imine (C=N–C) groups is 1. The summed E-state index contributed by atoms with van der Waals surface area (Å²) in [5, 5.41) is 6.97. The first-order valence-corrected chi connectivity index (χ1v) is 11.1. The monoisotopic (exact) mass is 404 g/mol. The molecule has 2 aliphatic rings. The topological polar surface area (TPSA) is 48.9 Å². The fourth-order valence-corrected chi connectivity index (χ4v) is 4.40. The van der Waals surface area contributed by atoms with Gasteiger partial charge in [0, 0.05) is 38.8 Å². The van der Waals surface area contributed by atoms with E-state index in [4.69, 9.17) is 4.74 Å². The van der Waals surface area contributed by atoms with Crippen LogP contribution in [0.4, 0.5) is 4.39 Å². The Hall–Kier alpha value is -1.66. The van der Waals surface area contributed by atoms with E-state index in [-0.39, 0.29) is 11.2 Å². The first kappa shape index (κ1) is 22.0. The lowest BCUT2D eigenvalue weighted by Crippen LogP contribution is -2.48. The van der Waals surface area contributed by atoms with Crippen LogP contribution in [0.25, 0.3) is 0 Å². The molecule has 29 heavy (non-hydrogen) atoms. The molecule has 162 valence electrons. The number of likely N-dealkylation sites (tertiary alicyclic amines) is 1. The fourth-order valence-electron chi connectivity index (χ4n) is 4.40. The van der Waals surface area contributed by atoms with Crippen molar-refractivity contribution in [3.8, 4) is 0 Å². The van der Waals surface area contributed by atoms with E-state index in [1.165, 1.54) is 31.5 Å². The van der Waals surface area contributed by atoms with Crippen LogP contribution in [0.5, 0.6) is 0 Å². The van der Waals surface area contributed by atoms with Gasteiger partial charge in [-0.1, -0.05) is 19.1 Å². The summed E-state index contributed by atoms with van der Waals surface area (Å²) in [6.45, 7) is 9.12. The van der Waals surface area contributed by atoms with Crippen LogP contribution in [0.15, 0.2) is 29.3 Å². The molecule has 6 heteroatoms. The predicted octanol–water partition coefficient (Wildman–Crippen LogP) is 3.16. The molecule has 0 unspecified atom stereocenters. The quantitative estimate of drug-likeness (QED) is 0.416. The standard InChI is InChI=1S/C23H37FN4O/c1-19-8-14-28(15-9-19)13-3-12-26-22(25-2)27-18-23(10-16-29-17-11-23)20-4-6-21(24)7-5-20/h4-7,19H,3,8-18H2,1-2H3,(H2,25,26,27). The van der Waals surface area contributed by atoms with Crippen LogP contribution in [0, 0.1) is 11.7 Å². The van der Waals surface area contributed by atoms with E-state index in [2.05, 4.69) is 27.4 Å². The molecule has 0 aromatic heterocycles. The number of piperidine rings is 1. The number of nitrogens with one attached hydrogen (secondary N) is 2. The first-order valence-electron chi connectivity index (χ1n) is 11.1. The summed E-state index contributed by atoms with van der Waals surface area (Å²) in [4.78, 5) is 6.97. The Balaban J connectivity index is 1.47. The highest BCUT2D eigenvalue weighted by atomic mass is 19.1. The average Bonchev–Trinajstić information content (AvgIpc) is 2.75. The Morgan fingerprint density at radius 1 is 1.17 bits per heavy atom. The largest absolute Gasteiger partial charge is 0.381 e. The second kappa shape index (κ2) is 10.9. The van der Waals surface area contributed by atoms with Crippen LogP contribution >= 0.6 is 0 Å². The zero-order valence-electron chi connectivity index (χ0n) is 18.1. The zero-order valence-corrected chi connectivity index (χ0v) is 18.1. The summed E-state index contributed by atoms with van der Waals surface area (Å²) in [6, 6.07) is 6.94. The lowest BCUT2D eigenvalue weighted by molar-refractivity contribution is 0.0513. The van der Waals surface area contributed by atoms with Crippen LogP contribution in [0.3, 0.4) is 0 Å². The molecule has 0 spiro atoms. The SMILES string of the molecule is CN=C(NCCCN1CCC(C)CC1)NCC1(c2ccc(F)cc2)CCOCC1. The Kier molecular flexibility index (Phi) is 8.30. The second-order valence-electron chi connectivity index (χ2n) is 8.63. The van der Waals surface area contributed by atoms with E-state index in [1.54, 1.807) is 12.1 Å². The summed E-state index contributed by atoms with van der Waals surface area (Å²) < 4.78 is 19.0. The van der Waals surface area contributed by atoms with Gasteiger partial charge in [0.2, 0.25) is 0 Å². The Morgan fingerprint density at radius 2 is 1.86 bits per heavy atom. The van der Waals surface area contributed by atoms with Gasteiger partial charge in [0.25, 0.3) is 0 Å². The van der Waals surface area contributed by atoms with Gasteiger partial charge in [-0.15, -0.1) is 0 Å². The molecule has 2 fully saturated rings. The number of benzene rings is 1. The van der Waals surface area contributed by atoms with E-state index in [9.17, 15) is 4.39 Å². The van der Waals surface area contributed by atoms with Gasteiger partial charge in [0.15, 0.2) is 5.96 Å². The molecule has 5 nitrogen and oxygen atoms in total. The van der Waals surface area contributed by atoms with Gasteiger partial charge in [-0.25, -0.2) is 4.39 Å². The molecule has 0 saturated carbocycles. The molecule has 1 aromatic carbocycles. The molecule has 0 radical (unpaired) electrons. The lowest BCUT2D eigenvalue weighted by Gasteiger charge is -2.38. The number of guanidine groups is 1. The second-order valence-corrected chi connectivity index (χ2v) is 8.63. The molecule has 0 aliphatic carbocycles. The number of nitrogens with zero attached hydrogens (tertiary/aromatic N) is 2. The van der Waals surface area contributed by atoms with Crippen LogP contribution in [0.2, 0.25) is 0 Å². The molecule has 3 rings (SSSR count).